The predicted octanol–water partition coefficient (Wildman–Crippen LogP) is 2.87. The highest BCUT2D eigenvalue weighted by molar-refractivity contribution is 5.88. The van der Waals surface area contributed by atoms with Gasteiger partial charge in [0, 0.05) is 12.0 Å². The highest BCUT2D eigenvalue weighted by Crippen LogP contribution is 2.13. The monoisotopic (exact) mass is 226 g/mol. The second-order valence-corrected chi connectivity index (χ2v) is 4.65. The third-order valence-electron chi connectivity index (χ3n) is 1.74. The third-order valence-corrected chi connectivity index (χ3v) is 1.74. The Balaban J connectivity index is 3.97. The van der Waals surface area contributed by atoms with Crippen molar-refractivity contribution in [2.45, 2.75) is 39.7 Å². The summed E-state index contributed by atoms with van der Waals surface area (Å²) in [6.45, 7) is 16.0. The van der Waals surface area contributed by atoms with E-state index in [1.54, 1.807) is 6.92 Å². The van der Waals surface area contributed by atoms with Crippen LogP contribution in [0.4, 0.5) is 0 Å². The third kappa shape index (κ3) is 7.23. The van der Waals surface area contributed by atoms with E-state index in [0.29, 0.717) is 25.2 Å². The second-order valence-electron chi connectivity index (χ2n) is 4.65. The Labute approximate surface area is 98.1 Å². The minimum atomic E-state index is -0.362. The molecule has 0 aromatic heterocycles. The van der Waals surface area contributed by atoms with Crippen molar-refractivity contribution in [1.82, 2.24) is 0 Å². The number of rotatable bonds is 6. The minimum Gasteiger partial charge on any atom is -0.463 e. The van der Waals surface area contributed by atoms with E-state index in [-0.39, 0.29) is 11.6 Å². The molecule has 0 aliphatic rings. The van der Waals surface area contributed by atoms with Gasteiger partial charge < -0.3 is 9.47 Å². The Bertz CT molecular complexity index is 271. The first-order chi connectivity index (χ1) is 7.26. The lowest BCUT2D eigenvalue weighted by Crippen LogP contribution is -2.20. The number of hydrogen-bond acceptors (Lipinski definition) is 3. The zero-order chi connectivity index (χ0) is 12.8. The van der Waals surface area contributed by atoms with Crippen molar-refractivity contribution in [3.63, 3.8) is 0 Å². The first-order valence-corrected chi connectivity index (χ1v) is 5.41. The molecule has 0 radical (unpaired) electrons. The quantitative estimate of drug-likeness (QED) is 0.397. The molecule has 0 aromatic rings. The molecule has 0 saturated carbocycles. The Kier molecular flexibility index (Phi) is 6.04. The molecule has 0 spiro atoms. The van der Waals surface area contributed by atoms with Crippen LogP contribution in [0.3, 0.4) is 0 Å². The standard InChI is InChI=1S/C13H22O3/c1-7-15-12(14)11(3)8-10(2)9-16-13(4,5)6/h2-3,7-9H2,1,4-6H3. The van der Waals surface area contributed by atoms with Crippen LogP contribution in [0, 0.1) is 0 Å². The first kappa shape index (κ1) is 14.9. The molecule has 0 saturated heterocycles. The van der Waals surface area contributed by atoms with E-state index in [4.69, 9.17) is 9.47 Å². The fourth-order valence-corrected chi connectivity index (χ4v) is 0.977. The predicted molar refractivity (Wildman–Crippen MR) is 65.2 cm³/mol. The molecule has 3 nitrogen and oxygen atoms in total. The second kappa shape index (κ2) is 6.48. The number of ether oxygens (including phenoxy) is 2. The maximum absolute atomic E-state index is 11.3. The molecule has 92 valence electrons. The van der Waals surface area contributed by atoms with Gasteiger partial charge in [-0.15, -0.1) is 0 Å². The normalized spacial score (nSPS) is 11.0. The van der Waals surface area contributed by atoms with Crippen LogP contribution in [0.1, 0.15) is 34.1 Å². The smallest absolute Gasteiger partial charge is 0.333 e. The molecule has 0 atom stereocenters. The van der Waals surface area contributed by atoms with Crippen LogP contribution < -0.4 is 0 Å². The number of hydrogen-bond donors (Lipinski definition) is 0. The van der Waals surface area contributed by atoms with Gasteiger partial charge in [-0.2, -0.15) is 0 Å². The van der Waals surface area contributed by atoms with Crippen LogP contribution in [0.15, 0.2) is 24.3 Å². The summed E-state index contributed by atoms with van der Waals surface area (Å²) in [5.41, 5.74) is 1.05. The van der Waals surface area contributed by atoms with E-state index in [9.17, 15) is 4.79 Å². The van der Waals surface area contributed by atoms with Crippen molar-refractivity contribution in [2.75, 3.05) is 13.2 Å². The van der Waals surface area contributed by atoms with E-state index >= 15 is 0 Å². The molecule has 0 aromatic carbocycles. The van der Waals surface area contributed by atoms with E-state index in [1.165, 1.54) is 0 Å². The van der Waals surface area contributed by atoms with Gasteiger partial charge in [0.2, 0.25) is 0 Å². The van der Waals surface area contributed by atoms with Crippen LogP contribution in [-0.2, 0) is 14.3 Å². The highest BCUT2D eigenvalue weighted by atomic mass is 16.5. The van der Waals surface area contributed by atoms with Gasteiger partial charge >= 0.3 is 5.97 Å². The average molecular weight is 226 g/mol. The Morgan fingerprint density at radius 1 is 1.25 bits per heavy atom. The molecule has 0 aliphatic heterocycles. The fourth-order valence-electron chi connectivity index (χ4n) is 0.977. The highest BCUT2D eigenvalue weighted by Gasteiger charge is 2.13. The van der Waals surface area contributed by atoms with Gasteiger partial charge in [0.1, 0.15) is 0 Å². The van der Waals surface area contributed by atoms with Crippen LogP contribution in [0.25, 0.3) is 0 Å². The zero-order valence-electron chi connectivity index (χ0n) is 10.8. The molecule has 0 amide bonds. The van der Waals surface area contributed by atoms with Crippen molar-refractivity contribution in [2.24, 2.45) is 0 Å². The van der Waals surface area contributed by atoms with Gasteiger partial charge in [-0.25, -0.2) is 4.79 Å². The average Bonchev–Trinajstić information content (AvgIpc) is 2.14. The summed E-state index contributed by atoms with van der Waals surface area (Å²) in [4.78, 5) is 11.3. The largest absolute Gasteiger partial charge is 0.463 e. The topological polar surface area (TPSA) is 35.5 Å². The maximum Gasteiger partial charge on any atom is 0.333 e. The Morgan fingerprint density at radius 2 is 1.81 bits per heavy atom. The summed E-state index contributed by atoms with van der Waals surface area (Å²) in [6, 6.07) is 0. The van der Waals surface area contributed by atoms with Gasteiger partial charge in [0.25, 0.3) is 0 Å². The molecule has 3 heteroatoms. The molecular formula is C13H22O3. The Hall–Kier alpha value is -1.09. The van der Waals surface area contributed by atoms with Crippen molar-refractivity contribution in [3.8, 4) is 0 Å². The Morgan fingerprint density at radius 3 is 2.25 bits per heavy atom. The van der Waals surface area contributed by atoms with Crippen LogP contribution in [0.2, 0.25) is 0 Å². The molecule has 0 N–H and O–H groups in total. The fraction of sp³-hybridized carbons (Fsp3) is 0.615. The van der Waals surface area contributed by atoms with E-state index < -0.39 is 0 Å². The van der Waals surface area contributed by atoms with Crippen molar-refractivity contribution in [1.29, 1.82) is 0 Å². The number of esters is 1. The maximum atomic E-state index is 11.3. The molecule has 0 aliphatic carbocycles. The molecule has 0 fully saturated rings. The molecule has 0 rings (SSSR count). The molecule has 0 unspecified atom stereocenters. The summed E-state index contributed by atoms with van der Waals surface area (Å²) >= 11 is 0. The van der Waals surface area contributed by atoms with E-state index in [0.717, 1.165) is 5.57 Å². The summed E-state index contributed by atoms with van der Waals surface area (Å²) in [5.74, 6) is -0.362. The van der Waals surface area contributed by atoms with Crippen LogP contribution in [-0.4, -0.2) is 24.8 Å². The van der Waals surface area contributed by atoms with Crippen LogP contribution in [0.5, 0.6) is 0 Å². The summed E-state index contributed by atoms with van der Waals surface area (Å²) < 4.78 is 10.4. The molecule has 0 heterocycles. The van der Waals surface area contributed by atoms with Crippen LogP contribution >= 0.6 is 0 Å². The van der Waals surface area contributed by atoms with Gasteiger partial charge in [-0.3, -0.25) is 0 Å². The van der Waals surface area contributed by atoms with E-state index in [2.05, 4.69) is 13.2 Å². The van der Waals surface area contributed by atoms with Gasteiger partial charge in [0.05, 0.1) is 18.8 Å². The lowest BCUT2D eigenvalue weighted by molar-refractivity contribution is -0.138. The molecular weight excluding hydrogens is 204 g/mol. The SMILES string of the molecule is C=C(COC(C)(C)C)CC(=C)C(=O)OCC. The summed E-state index contributed by atoms with van der Waals surface area (Å²) in [7, 11) is 0. The van der Waals surface area contributed by atoms with Crippen molar-refractivity contribution in [3.05, 3.63) is 24.3 Å². The van der Waals surface area contributed by atoms with Gasteiger partial charge in [-0.1, -0.05) is 13.2 Å². The summed E-state index contributed by atoms with van der Waals surface area (Å²) in [6.07, 6.45) is 0.426. The number of carbonyl (C=O) groups excluding carboxylic acids is 1. The molecule has 16 heavy (non-hydrogen) atoms. The lowest BCUT2D eigenvalue weighted by atomic mass is 10.1. The van der Waals surface area contributed by atoms with E-state index in [1.807, 2.05) is 20.8 Å². The minimum absolute atomic E-state index is 0.200. The van der Waals surface area contributed by atoms with Crippen molar-refractivity contribution >= 4 is 5.97 Å². The van der Waals surface area contributed by atoms with Crippen molar-refractivity contribution < 1.29 is 14.3 Å². The first-order valence-electron chi connectivity index (χ1n) is 5.41. The number of carbonyl (C=O) groups is 1. The lowest BCUT2D eigenvalue weighted by Gasteiger charge is -2.20. The zero-order valence-corrected chi connectivity index (χ0v) is 10.8. The molecule has 0 bridgehead atoms. The van der Waals surface area contributed by atoms with Gasteiger partial charge in [-0.05, 0) is 33.3 Å². The van der Waals surface area contributed by atoms with Gasteiger partial charge in [0.15, 0.2) is 0 Å². The summed E-state index contributed by atoms with van der Waals surface area (Å²) in [5, 5.41) is 0.